The van der Waals surface area contributed by atoms with Gasteiger partial charge in [-0.25, -0.2) is 4.57 Å². The van der Waals surface area contributed by atoms with Gasteiger partial charge in [-0.05, 0) is 33.6 Å². The molecule has 0 saturated carbocycles. The van der Waals surface area contributed by atoms with Crippen molar-refractivity contribution in [3.05, 3.63) is 0 Å². The zero-order valence-electron chi connectivity index (χ0n) is 12.1. The molecule has 0 aromatic rings. The van der Waals surface area contributed by atoms with Gasteiger partial charge in [-0.15, -0.1) is 0 Å². The van der Waals surface area contributed by atoms with Gasteiger partial charge in [-0.2, -0.15) is 0 Å². The summed E-state index contributed by atoms with van der Waals surface area (Å²) in [6, 6.07) is 0. The highest BCUT2D eigenvalue weighted by Gasteiger charge is 2.30. The van der Waals surface area contributed by atoms with Crippen LogP contribution < -0.4 is 0 Å². The molecule has 114 valence electrons. The highest BCUT2D eigenvalue weighted by Crippen LogP contribution is 2.39. The van der Waals surface area contributed by atoms with Crippen LogP contribution >= 0.6 is 7.82 Å². The largest absolute Gasteiger partial charge is 0.470 e. The van der Waals surface area contributed by atoms with Crippen molar-refractivity contribution in [2.75, 3.05) is 26.2 Å². The first-order valence-corrected chi connectivity index (χ1v) is 8.38. The highest BCUT2D eigenvalue weighted by atomic mass is 31.2. The molecule has 0 aliphatic heterocycles. The van der Waals surface area contributed by atoms with Gasteiger partial charge in [-0.3, -0.25) is 4.52 Å². The Morgan fingerprint density at radius 1 is 1.21 bits per heavy atom. The van der Waals surface area contributed by atoms with Gasteiger partial charge in [-0.1, -0.05) is 0 Å². The van der Waals surface area contributed by atoms with Crippen molar-refractivity contribution in [3.8, 4) is 0 Å². The van der Waals surface area contributed by atoms with E-state index in [2.05, 4.69) is 20.8 Å². The van der Waals surface area contributed by atoms with Gasteiger partial charge in [0.25, 0.3) is 0 Å². The molecular formula is C12H27NO5P+. The van der Waals surface area contributed by atoms with Crippen LogP contribution in [0.2, 0.25) is 0 Å². The SMILES string of the molecule is CC[N+](CC)(CC)CC(CCCC=O)OP(=O)(O)O. The second-order valence-electron chi connectivity index (χ2n) is 4.79. The number of quaternary nitrogens is 1. The minimum absolute atomic E-state index is 0.394. The Morgan fingerprint density at radius 3 is 2.11 bits per heavy atom. The Morgan fingerprint density at radius 2 is 1.74 bits per heavy atom. The van der Waals surface area contributed by atoms with E-state index < -0.39 is 13.9 Å². The monoisotopic (exact) mass is 296 g/mol. The molecule has 1 unspecified atom stereocenters. The minimum Gasteiger partial charge on any atom is -0.322 e. The van der Waals surface area contributed by atoms with E-state index >= 15 is 0 Å². The lowest BCUT2D eigenvalue weighted by atomic mass is 10.1. The third-order valence-corrected chi connectivity index (χ3v) is 4.31. The van der Waals surface area contributed by atoms with E-state index in [4.69, 9.17) is 14.3 Å². The topological polar surface area (TPSA) is 83.8 Å². The van der Waals surface area contributed by atoms with Gasteiger partial charge in [0.1, 0.15) is 18.9 Å². The number of hydrogen-bond donors (Lipinski definition) is 2. The lowest BCUT2D eigenvalue weighted by Gasteiger charge is -2.38. The van der Waals surface area contributed by atoms with Crippen LogP contribution in [0.15, 0.2) is 0 Å². The number of phosphoric ester groups is 1. The number of rotatable bonds is 11. The van der Waals surface area contributed by atoms with Crippen LogP contribution in [0.5, 0.6) is 0 Å². The molecule has 0 fully saturated rings. The van der Waals surface area contributed by atoms with E-state index in [1.165, 1.54) is 0 Å². The number of likely N-dealkylation sites (N-methyl/N-ethyl adjacent to an activating group) is 1. The van der Waals surface area contributed by atoms with E-state index in [9.17, 15) is 9.36 Å². The first-order chi connectivity index (χ1) is 8.82. The van der Waals surface area contributed by atoms with Gasteiger partial charge in [0.2, 0.25) is 0 Å². The minimum atomic E-state index is -4.49. The smallest absolute Gasteiger partial charge is 0.322 e. The van der Waals surface area contributed by atoms with Crippen LogP contribution in [0, 0.1) is 0 Å². The molecule has 0 aliphatic carbocycles. The van der Waals surface area contributed by atoms with Crippen molar-refractivity contribution in [1.82, 2.24) is 0 Å². The molecule has 0 amide bonds. The van der Waals surface area contributed by atoms with Crippen LogP contribution in [-0.4, -0.2) is 52.8 Å². The van der Waals surface area contributed by atoms with E-state index in [1.54, 1.807) is 0 Å². The van der Waals surface area contributed by atoms with E-state index in [0.29, 0.717) is 25.8 Å². The summed E-state index contributed by atoms with van der Waals surface area (Å²) in [6.45, 7) is 9.42. The number of phosphoric acid groups is 1. The summed E-state index contributed by atoms with van der Waals surface area (Å²) in [7, 11) is -4.49. The first kappa shape index (κ1) is 18.7. The Kier molecular flexibility index (Phi) is 8.70. The fourth-order valence-electron chi connectivity index (χ4n) is 2.29. The van der Waals surface area contributed by atoms with Crippen molar-refractivity contribution in [3.63, 3.8) is 0 Å². The van der Waals surface area contributed by atoms with Gasteiger partial charge in [0.05, 0.1) is 19.6 Å². The number of carbonyl (C=O) groups is 1. The standard InChI is InChI=1S/C12H26NO5P/c1-4-13(5-2,6-3)11-12(9-7-8-10-14)18-19(15,16)17/h10,12H,4-9,11H2,1-3H3,(H-,15,16,17)/p+1. The molecule has 0 aromatic heterocycles. The number of hydrogen-bond acceptors (Lipinski definition) is 3. The lowest BCUT2D eigenvalue weighted by Crippen LogP contribution is -2.52. The lowest BCUT2D eigenvalue weighted by molar-refractivity contribution is -0.925. The molecule has 0 heterocycles. The molecular weight excluding hydrogens is 269 g/mol. The molecule has 1 atom stereocenters. The van der Waals surface area contributed by atoms with Crippen molar-refractivity contribution in [2.45, 2.75) is 46.1 Å². The Bertz CT molecular complexity index is 292. The number of aldehydes is 1. The van der Waals surface area contributed by atoms with E-state index in [-0.39, 0.29) is 0 Å². The molecule has 0 radical (unpaired) electrons. The maximum Gasteiger partial charge on any atom is 0.470 e. The summed E-state index contributed by atoms with van der Waals surface area (Å²) >= 11 is 0. The molecule has 0 bridgehead atoms. The zero-order valence-corrected chi connectivity index (χ0v) is 13.0. The first-order valence-electron chi connectivity index (χ1n) is 6.85. The third-order valence-electron chi connectivity index (χ3n) is 3.74. The Balaban J connectivity index is 4.71. The number of unbranched alkanes of at least 4 members (excludes halogenated alkanes) is 1. The molecule has 2 N–H and O–H groups in total. The van der Waals surface area contributed by atoms with Crippen molar-refractivity contribution < 1.29 is 28.2 Å². The van der Waals surface area contributed by atoms with Gasteiger partial charge < -0.3 is 19.1 Å². The summed E-state index contributed by atoms with van der Waals surface area (Å²) < 4.78 is 16.7. The summed E-state index contributed by atoms with van der Waals surface area (Å²) in [5.74, 6) is 0. The second-order valence-corrected chi connectivity index (χ2v) is 5.98. The molecule has 0 spiro atoms. The van der Waals surface area contributed by atoms with Crippen molar-refractivity contribution >= 4 is 14.1 Å². The van der Waals surface area contributed by atoms with Gasteiger partial charge in [0.15, 0.2) is 0 Å². The molecule has 19 heavy (non-hydrogen) atoms. The van der Waals surface area contributed by atoms with Crippen LogP contribution in [0.1, 0.15) is 40.0 Å². The second kappa shape index (κ2) is 8.82. The normalized spacial score (nSPS) is 14.4. The predicted molar refractivity (Wildman–Crippen MR) is 73.6 cm³/mol. The van der Waals surface area contributed by atoms with Crippen LogP contribution in [0.4, 0.5) is 0 Å². The van der Waals surface area contributed by atoms with Gasteiger partial charge >= 0.3 is 7.82 Å². The fraction of sp³-hybridized carbons (Fsp3) is 0.917. The summed E-state index contributed by atoms with van der Waals surface area (Å²) in [6.07, 6.45) is 1.78. The molecule has 0 aliphatic rings. The zero-order chi connectivity index (χ0) is 14.9. The molecule has 0 rings (SSSR count). The van der Waals surface area contributed by atoms with Crippen LogP contribution in [-0.2, 0) is 13.9 Å². The highest BCUT2D eigenvalue weighted by molar-refractivity contribution is 7.46. The van der Waals surface area contributed by atoms with Crippen LogP contribution in [0.25, 0.3) is 0 Å². The summed E-state index contributed by atoms with van der Waals surface area (Å²) in [5.41, 5.74) is 0. The van der Waals surface area contributed by atoms with Crippen molar-refractivity contribution in [1.29, 1.82) is 0 Å². The number of carbonyl (C=O) groups excluding carboxylic acids is 1. The van der Waals surface area contributed by atoms with Crippen molar-refractivity contribution in [2.24, 2.45) is 0 Å². The Hall–Kier alpha value is -0.260. The number of nitrogens with zero attached hydrogens (tertiary/aromatic N) is 1. The summed E-state index contributed by atoms with van der Waals surface area (Å²) in [5, 5.41) is 0. The van der Waals surface area contributed by atoms with E-state index in [0.717, 1.165) is 30.4 Å². The van der Waals surface area contributed by atoms with Crippen LogP contribution in [0.3, 0.4) is 0 Å². The summed E-state index contributed by atoms with van der Waals surface area (Å²) in [4.78, 5) is 28.3. The average Bonchev–Trinajstić information content (AvgIpc) is 2.34. The Labute approximate surface area is 115 Å². The third kappa shape index (κ3) is 7.80. The quantitative estimate of drug-likeness (QED) is 0.262. The molecule has 0 aromatic carbocycles. The maximum atomic E-state index is 11.0. The molecule has 0 saturated heterocycles. The molecule has 7 heteroatoms. The van der Waals surface area contributed by atoms with E-state index in [1.807, 2.05) is 0 Å². The molecule has 6 nitrogen and oxygen atoms in total. The predicted octanol–water partition coefficient (Wildman–Crippen LogP) is 1.71. The average molecular weight is 296 g/mol. The van der Waals surface area contributed by atoms with Gasteiger partial charge in [0, 0.05) is 6.42 Å². The maximum absolute atomic E-state index is 11.0. The fourth-order valence-corrected chi connectivity index (χ4v) is 2.85.